The van der Waals surface area contributed by atoms with Crippen molar-refractivity contribution in [3.05, 3.63) is 58.9 Å². The summed E-state index contributed by atoms with van der Waals surface area (Å²) >= 11 is 6.30. The molecule has 1 aliphatic rings. The van der Waals surface area contributed by atoms with Crippen molar-refractivity contribution in [1.82, 2.24) is 9.47 Å². The lowest BCUT2D eigenvalue weighted by Gasteiger charge is -2.27. The Hall–Kier alpha value is -1.74. The van der Waals surface area contributed by atoms with Gasteiger partial charge in [0.25, 0.3) is 0 Å². The van der Waals surface area contributed by atoms with Crippen LogP contribution in [0, 0.1) is 5.41 Å². The third kappa shape index (κ3) is 4.88. The molecule has 0 aliphatic heterocycles. The molecule has 1 aromatic carbocycles. The van der Waals surface area contributed by atoms with E-state index in [-0.39, 0.29) is 11.3 Å². The molecule has 1 fully saturated rings. The first-order chi connectivity index (χ1) is 11.8. The lowest BCUT2D eigenvalue weighted by molar-refractivity contribution is -0.134. The van der Waals surface area contributed by atoms with Gasteiger partial charge in [0.15, 0.2) is 0 Å². The van der Waals surface area contributed by atoms with Gasteiger partial charge in [-0.15, -0.1) is 0 Å². The number of benzene rings is 1. The van der Waals surface area contributed by atoms with E-state index in [1.807, 2.05) is 24.3 Å². The molecule has 4 heteroatoms. The van der Waals surface area contributed by atoms with Crippen LogP contribution in [-0.2, 0) is 17.9 Å². The third-order valence-corrected chi connectivity index (χ3v) is 4.91. The molecule has 2 aromatic rings. The van der Waals surface area contributed by atoms with Gasteiger partial charge in [0.2, 0.25) is 5.91 Å². The lowest BCUT2D eigenvalue weighted by Crippen LogP contribution is -2.35. The quantitative estimate of drug-likeness (QED) is 0.703. The van der Waals surface area contributed by atoms with Crippen molar-refractivity contribution in [3.63, 3.8) is 0 Å². The van der Waals surface area contributed by atoms with E-state index >= 15 is 0 Å². The van der Waals surface area contributed by atoms with Gasteiger partial charge >= 0.3 is 0 Å². The molecule has 0 radical (unpaired) electrons. The van der Waals surface area contributed by atoms with Gasteiger partial charge in [-0.05, 0) is 42.0 Å². The fourth-order valence-corrected chi connectivity index (χ4v) is 3.29. The molecule has 0 atom stereocenters. The minimum Gasteiger partial charge on any atom is -0.345 e. The second kappa shape index (κ2) is 7.25. The fourth-order valence-electron chi connectivity index (χ4n) is 3.09. The predicted molar refractivity (Wildman–Crippen MR) is 103 cm³/mol. The Labute approximate surface area is 155 Å². The summed E-state index contributed by atoms with van der Waals surface area (Å²) in [5, 5.41) is 0.782. The predicted octanol–water partition coefficient (Wildman–Crippen LogP) is 5.12. The summed E-state index contributed by atoms with van der Waals surface area (Å²) in [7, 11) is 0. The maximum absolute atomic E-state index is 12.8. The summed E-state index contributed by atoms with van der Waals surface area (Å²) < 4.78 is 2.20. The van der Waals surface area contributed by atoms with Crippen molar-refractivity contribution in [2.75, 3.05) is 0 Å². The van der Waals surface area contributed by atoms with Crippen LogP contribution >= 0.6 is 11.6 Å². The second-order valence-corrected chi connectivity index (χ2v) is 8.62. The molecule has 0 bridgehead atoms. The second-order valence-electron chi connectivity index (χ2n) is 8.21. The van der Waals surface area contributed by atoms with Crippen LogP contribution in [0.4, 0.5) is 0 Å². The summed E-state index contributed by atoms with van der Waals surface area (Å²) in [5.74, 6) is 0.264. The summed E-state index contributed by atoms with van der Waals surface area (Å²) in [5.41, 5.74) is 2.28. The molecule has 134 valence electrons. The zero-order valence-electron chi connectivity index (χ0n) is 15.3. The van der Waals surface area contributed by atoms with Crippen molar-refractivity contribution >= 4 is 17.5 Å². The fraction of sp³-hybridized carbons (Fsp3) is 0.476. The number of amides is 1. The molecular weight excluding hydrogens is 332 g/mol. The van der Waals surface area contributed by atoms with E-state index in [1.54, 1.807) is 0 Å². The molecular formula is C21H27ClN2O. The molecule has 1 aromatic heterocycles. The summed E-state index contributed by atoms with van der Waals surface area (Å²) in [6, 6.07) is 12.5. The largest absolute Gasteiger partial charge is 0.345 e. The molecule has 3 nitrogen and oxygen atoms in total. The van der Waals surface area contributed by atoms with Gasteiger partial charge in [0.1, 0.15) is 0 Å². The van der Waals surface area contributed by atoms with Crippen molar-refractivity contribution in [1.29, 1.82) is 0 Å². The van der Waals surface area contributed by atoms with Crippen LogP contribution in [0.2, 0.25) is 5.02 Å². The maximum atomic E-state index is 12.8. The van der Waals surface area contributed by atoms with Crippen LogP contribution in [0.5, 0.6) is 0 Å². The molecule has 1 amide bonds. The Morgan fingerprint density at radius 3 is 2.56 bits per heavy atom. The van der Waals surface area contributed by atoms with E-state index in [0.717, 1.165) is 35.7 Å². The standard InChI is InChI=1S/C21H27ClN2O/c1-21(2,3)13-20(25)24(17-10-11-17)15-18-8-6-12-23(18)14-16-7-4-5-9-19(16)22/h4-9,12,17H,10-11,13-15H2,1-3H3. The number of carbonyl (C=O) groups excluding carboxylic acids is 1. The topological polar surface area (TPSA) is 25.2 Å². The molecule has 25 heavy (non-hydrogen) atoms. The average Bonchev–Trinajstić information content (AvgIpc) is 3.26. The first-order valence-corrected chi connectivity index (χ1v) is 9.38. The van der Waals surface area contributed by atoms with E-state index in [0.29, 0.717) is 19.0 Å². The number of halogens is 1. The van der Waals surface area contributed by atoms with Crippen LogP contribution in [0.15, 0.2) is 42.6 Å². The van der Waals surface area contributed by atoms with Crippen LogP contribution in [-0.4, -0.2) is 21.4 Å². The van der Waals surface area contributed by atoms with Crippen molar-refractivity contribution in [3.8, 4) is 0 Å². The van der Waals surface area contributed by atoms with Crippen molar-refractivity contribution in [2.45, 2.75) is 59.2 Å². The molecule has 0 spiro atoms. The number of rotatable bonds is 6. The van der Waals surface area contributed by atoms with E-state index < -0.39 is 0 Å². The van der Waals surface area contributed by atoms with Crippen LogP contribution in [0.25, 0.3) is 0 Å². The Morgan fingerprint density at radius 1 is 1.20 bits per heavy atom. The normalized spacial score (nSPS) is 14.6. The van der Waals surface area contributed by atoms with Gasteiger partial charge in [-0.1, -0.05) is 50.6 Å². The number of aromatic nitrogens is 1. The van der Waals surface area contributed by atoms with Gasteiger partial charge in [-0.3, -0.25) is 4.79 Å². The summed E-state index contributed by atoms with van der Waals surface area (Å²) in [4.78, 5) is 14.9. The van der Waals surface area contributed by atoms with E-state index in [1.165, 1.54) is 0 Å². The smallest absolute Gasteiger partial charge is 0.223 e. The maximum Gasteiger partial charge on any atom is 0.223 e. The highest BCUT2D eigenvalue weighted by Gasteiger charge is 2.34. The van der Waals surface area contributed by atoms with Gasteiger partial charge in [0.05, 0.1) is 6.54 Å². The number of nitrogens with zero attached hydrogens (tertiary/aromatic N) is 2. The molecule has 1 heterocycles. The lowest BCUT2D eigenvalue weighted by atomic mass is 9.91. The third-order valence-electron chi connectivity index (χ3n) is 4.54. The molecule has 0 N–H and O–H groups in total. The van der Waals surface area contributed by atoms with Crippen molar-refractivity contribution < 1.29 is 4.79 Å². The average molecular weight is 359 g/mol. The van der Waals surface area contributed by atoms with Gasteiger partial charge in [-0.25, -0.2) is 0 Å². The first kappa shape index (κ1) is 18.1. The highest BCUT2D eigenvalue weighted by Crippen LogP contribution is 2.31. The van der Waals surface area contributed by atoms with E-state index in [4.69, 9.17) is 11.6 Å². The first-order valence-electron chi connectivity index (χ1n) is 9.00. The molecule has 1 aliphatic carbocycles. The molecule has 1 saturated carbocycles. The Kier molecular flexibility index (Phi) is 5.24. The van der Waals surface area contributed by atoms with Crippen molar-refractivity contribution in [2.24, 2.45) is 5.41 Å². The monoisotopic (exact) mass is 358 g/mol. The van der Waals surface area contributed by atoms with E-state index in [9.17, 15) is 4.79 Å². The highest BCUT2D eigenvalue weighted by atomic mass is 35.5. The molecule has 0 unspecified atom stereocenters. The zero-order valence-corrected chi connectivity index (χ0v) is 16.1. The number of carbonyl (C=O) groups is 1. The van der Waals surface area contributed by atoms with Crippen LogP contribution in [0.3, 0.4) is 0 Å². The minimum atomic E-state index is 0.0176. The Balaban J connectivity index is 1.75. The zero-order chi connectivity index (χ0) is 18.0. The van der Waals surface area contributed by atoms with Gasteiger partial charge < -0.3 is 9.47 Å². The number of hydrogen-bond acceptors (Lipinski definition) is 1. The summed E-state index contributed by atoms with van der Waals surface area (Å²) in [6.45, 7) is 7.77. The van der Waals surface area contributed by atoms with Gasteiger partial charge in [-0.2, -0.15) is 0 Å². The SMILES string of the molecule is CC(C)(C)CC(=O)N(Cc1cccn1Cc1ccccc1Cl)C1CC1. The van der Waals surface area contributed by atoms with Gasteiger partial charge in [0, 0.05) is 35.9 Å². The molecule has 0 saturated heterocycles. The Morgan fingerprint density at radius 2 is 1.92 bits per heavy atom. The minimum absolute atomic E-state index is 0.0176. The number of hydrogen-bond donors (Lipinski definition) is 0. The summed E-state index contributed by atoms with van der Waals surface area (Å²) in [6.07, 6.45) is 4.91. The highest BCUT2D eigenvalue weighted by molar-refractivity contribution is 6.31. The molecule has 3 rings (SSSR count). The Bertz CT molecular complexity index is 740. The van der Waals surface area contributed by atoms with Crippen LogP contribution < -0.4 is 0 Å². The van der Waals surface area contributed by atoms with E-state index in [2.05, 4.69) is 48.6 Å². The van der Waals surface area contributed by atoms with Crippen LogP contribution in [0.1, 0.15) is 51.3 Å².